The number of benzene rings is 3. The van der Waals surface area contributed by atoms with Crippen molar-refractivity contribution in [3.05, 3.63) is 83.1 Å². The Morgan fingerprint density at radius 3 is 2.31 bits per heavy atom. The zero-order valence-electron chi connectivity index (χ0n) is 21.4. The Hall–Kier alpha value is -4.32. The van der Waals surface area contributed by atoms with Gasteiger partial charge in [-0.3, -0.25) is 9.59 Å². The van der Waals surface area contributed by atoms with E-state index in [1.807, 2.05) is 19.9 Å². The number of methoxy groups -OCH3 is 1. The van der Waals surface area contributed by atoms with Crippen LogP contribution in [0.5, 0.6) is 5.75 Å². The van der Waals surface area contributed by atoms with Gasteiger partial charge in [-0.1, -0.05) is 29.8 Å². The van der Waals surface area contributed by atoms with Crippen LogP contribution in [0.4, 0.5) is 11.4 Å². The number of amides is 2. The topological polar surface area (TPSA) is 80.6 Å². The lowest BCUT2D eigenvalue weighted by molar-refractivity contribution is -0.114. The highest BCUT2D eigenvalue weighted by Crippen LogP contribution is 2.41. The number of carbonyl (C=O) groups is 2. The van der Waals surface area contributed by atoms with Gasteiger partial charge in [-0.15, -0.1) is 0 Å². The zero-order valence-corrected chi connectivity index (χ0v) is 21.4. The van der Waals surface area contributed by atoms with Gasteiger partial charge in [0.15, 0.2) is 0 Å². The summed E-state index contributed by atoms with van der Waals surface area (Å²) in [6.07, 6.45) is 3.33. The van der Waals surface area contributed by atoms with Gasteiger partial charge in [0.1, 0.15) is 11.3 Å². The molecule has 0 aliphatic heterocycles. The number of hydrogen-bond donors (Lipinski definition) is 2. The maximum absolute atomic E-state index is 12.9. The third kappa shape index (κ3) is 5.03. The van der Waals surface area contributed by atoms with Gasteiger partial charge in [-0.2, -0.15) is 0 Å². The molecule has 2 amide bonds. The molecule has 0 bridgehead atoms. The van der Waals surface area contributed by atoms with Crippen molar-refractivity contribution in [2.75, 3.05) is 17.7 Å². The molecule has 0 spiro atoms. The Morgan fingerprint density at radius 1 is 0.917 bits per heavy atom. The van der Waals surface area contributed by atoms with Crippen LogP contribution < -0.4 is 15.4 Å². The molecule has 0 saturated heterocycles. The number of furan rings is 1. The maximum atomic E-state index is 12.9. The number of allylic oxidation sites excluding steroid dienone is 1. The van der Waals surface area contributed by atoms with E-state index in [2.05, 4.69) is 42.7 Å². The van der Waals surface area contributed by atoms with Crippen LogP contribution in [-0.2, 0) is 9.59 Å². The Kier molecular flexibility index (Phi) is 6.97. The Morgan fingerprint density at radius 2 is 1.64 bits per heavy atom. The van der Waals surface area contributed by atoms with E-state index in [1.54, 1.807) is 43.7 Å². The van der Waals surface area contributed by atoms with Crippen LogP contribution in [0.25, 0.3) is 27.7 Å². The third-order valence-electron chi connectivity index (χ3n) is 6.14. The van der Waals surface area contributed by atoms with Crippen LogP contribution >= 0.6 is 0 Å². The molecule has 6 nitrogen and oxygen atoms in total. The predicted molar refractivity (Wildman–Crippen MR) is 145 cm³/mol. The van der Waals surface area contributed by atoms with E-state index in [0.29, 0.717) is 17.1 Å². The van der Waals surface area contributed by atoms with Gasteiger partial charge in [0, 0.05) is 46.5 Å². The molecule has 0 saturated carbocycles. The van der Waals surface area contributed by atoms with Gasteiger partial charge >= 0.3 is 0 Å². The van der Waals surface area contributed by atoms with E-state index < -0.39 is 0 Å². The number of aryl methyl sites for hydroxylation is 3. The van der Waals surface area contributed by atoms with Crippen molar-refractivity contribution in [3.63, 3.8) is 0 Å². The van der Waals surface area contributed by atoms with Crippen LogP contribution in [0.15, 0.2) is 65.3 Å². The first-order valence-electron chi connectivity index (χ1n) is 11.7. The molecule has 184 valence electrons. The number of carbonyl (C=O) groups excluding carboxylic acids is 2. The normalized spacial score (nSPS) is 11.4. The number of nitrogens with one attached hydrogen (secondary N) is 2. The highest BCUT2D eigenvalue weighted by Gasteiger charge is 2.19. The van der Waals surface area contributed by atoms with Crippen molar-refractivity contribution >= 4 is 39.7 Å². The summed E-state index contributed by atoms with van der Waals surface area (Å²) in [5, 5.41) is 6.54. The third-order valence-corrected chi connectivity index (χ3v) is 6.14. The van der Waals surface area contributed by atoms with Crippen molar-refractivity contribution < 1.29 is 18.7 Å². The zero-order chi connectivity index (χ0) is 26.0. The number of anilines is 2. The minimum absolute atomic E-state index is 0.175. The predicted octanol–water partition coefficient (Wildman–Crippen LogP) is 7.03. The molecule has 0 aliphatic carbocycles. The molecule has 4 rings (SSSR count). The Labute approximate surface area is 211 Å². The van der Waals surface area contributed by atoms with Crippen LogP contribution in [0.3, 0.4) is 0 Å². The fourth-order valence-corrected chi connectivity index (χ4v) is 4.53. The second kappa shape index (κ2) is 10.1. The van der Waals surface area contributed by atoms with E-state index >= 15 is 0 Å². The van der Waals surface area contributed by atoms with Crippen LogP contribution in [0.2, 0.25) is 0 Å². The van der Waals surface area contributed by atoms with Crippen LogP contribution in [0.1, 0.15) is 36.1 Å². The number of rotatable bonds is 6. The van der Waals surface area contributed by atoms with Gasteiger partial charge in [0.05, 0.1) is 13.4 Å². The van der Waals surface area contributed by atoms with Gasteiger partial charge in [0.25, 0.3) is 0 Å². The molecule has 4 aromatic rings. The van der Waals surface area contributed by atoms with Gasteiger partial charge in [-0.25, -0.2) is 0 Å². The van der Waals surface area contributed by atoms with Crippen LogP contribution in [0, 0.1) is 20.8 Å². The van der Waals surface area contributed by atoms with E-state index in [1.165, 1.54) is 18.1 Å². The molecule has 0 radical (unpaired) electrons. The molecule has 36 heavy (non-hydrogen) atoms. The van der Waals surface area contributed by atoms with E-state index in [0.717, 1.165) is 38.8 Å². The second-order valence-electron chi connectivity index (χ2n) is 9.01. The van der Waals surface area contributed by atoms with Crippen molar-refractivity contribution in [2.45, 2.75) is 34.6 Å². The summed E-state index contributed by atoms with van der Waals surface area (Å²) in [6, 6.07) is 15.4. The Balaban J connectivity index is 1.72. The molecule has 3 aromatic carbocycles. The highest BCUT2D eigenvalue weighted by molar-refractivity contribution is 6.06. The first kappa shape index (κ1) is 24.8. The van der Waals surface area contributed by atoms with Crippen LogP contribution in [-0.4, -0.2) is 18.9 Å². The standard InChI is InChI=1S/C30H30N2O4/c1-17-10-11-24(18(2)12-17)27-16-36-30-20(4)29(35-6)25(15-26(27)30)19(3)13-28(34)32-23-9-7-8-22(14-23)31-21(5)33/h7-16H,1-6H3,(H,31,33)(H,32,34)/b19-13+. The van der Waals surface area contributed by atoms with Crippen molar-refractivity contribution in [3.8, 4) is 16.9 Å². The summed E-state index contributed by atoms with van der Waals surface area (Å²) in [4.78, 5) is 24.2. The van der Waals surface area contributed by atoms with Gasteiger partial charge < -0.3 is 19.8 Å². The first-order chi connectivity index (χ1) is 17.2. The van der Waals surface area contributed by atoms with E-state index in [-0.39, 0.29) is 11.8 Å². The summed E-state index contributed by atoms with van der Waals surface area (Å²) in [7, 11) is 1.62. The summed E-state index contributed by atoms with van der Waals surface area (Å²) < 4.78 is 11.7. The monoisotopic (exact) mass is 482 g/mol. The average molecular weight is 483 g/mol. The van der Waals surface area contributed by atoms with E-state index in [9.17, 15) is 9.59 Å². The molecule has 0 unspecified atom stereocenters. The largest absolute Gasteiger partial charge is 0.496 e. The number of hydrogen-bond acceptors (Lipinski definition) is 4. The number of fused-ring (bicyclic) bond motifs is 1. The summed E-state index contributed by atoms with van der Waals surface area (Å²) >= 11 is 0. The lowest BCUT2D eigenvalue weighted by atomic mass is 9.94. The minimum atomic E-state index is -0.283. The average Bonchev–Trinajstić information content (AvgIpc) is 3.22. The molecule has 0 fully saturated rings. The molecule has 1 heterocycles. The fourth-order valence-electron chi connectivity index (χ4n) is 4.53. The molecule has 2 N–H and O–H groups in total. The smallest absolute Gasteiger partial charge is 0.248 e. The SMILES string of the molecule is COc1c(/C(C)=C/C(=O)Nc2cccc(NC(C)=O)c2)cc2c(-c3ccc(C)cc3C)coc2c1C. The minimum Gasteiger partial charge on any atom is -0.496 e. The van der Waals surface area contributed by atoms with E-state index in [4.69, 9.17) is 9.15 Å². The second-order valence-corrected chi connectivity index (χ2v) is 9.01. The lowest BCUT2D eigenvalue weighted by Crippen LogP contribution is -2.10. The Bertz CT molecular complexity index is 1510. The lowest BCUT2D eigenvalue weighted by Gasteiger charge is -2.14. The molecule has 1 aromatic heterocycles. The maximum Gasteiger partial charge on any atom is 0.248 e. The first-order valence-corrected chi connectivity index (χ1v) is 11.7. The van der Waals surface area contributed by atoms with Gasteiger partial charge in [-0.05, 0) is 68.7 Å². The molecule has 0 aliphatic rings. The number of ether oxygens (including phenoxy) is 1. The summed E-state index contributed by atoms with van der Waals surface area (Å²) in [5.74, 6) is 0.207. The quantitative estimate of drug-likeness (QED) is 0.289. The van der Waals surface area contributed by atoms with Crippen molar-refractivity contribution in [1.82, 2.24) is 0 Å². The fraction of sp³-hybridized carbons (Fsp3) is 0.200. The molecule has 6 heteroatoms. The highest BCUT2D eigenvalue weighted by atomic mass is 16.5. The summed E-state index contributed by atoms with van der Waals surface area (Å²) in [6.45, 7) is 9.45. The molecular weight excluding hydrogens is 452 g/mol. The summed E-state index contributed by atoms with van der Waals surface area (Å²) in [5.41, 5.74) is 8.88. The van der Waals surface area contributed by atoms with Gasteiger partial charge in [0.2, 0.25) is 11.8 Å². The molecule has 0 atom stereocenters. The molecular formula is C30H30N2O4. The van der Waals surface area contributed by atoms with Crippen molar-refractivity contribution in [1.29, 1.82) is 0 Å². The van der Waals surface area contributed by atoms with Crippen molar-refractivity contribution in [2.24, 2.45) is 0 Å².